The van der Waals surface area contributed by atoms with Crippen LogP contribution in [0.3, 0.4) is 0 Å². The van der Waals surface area contributed by atoms with Gasteiger partial charge in [0.2, 0.25) is 4.58 Å². The number of hydrogen-bond acceptors (Lipinski definition) is 5. The van der Waals surface area contributed by atoms with E-state index in [9.17, 15) is 16.8 Å². The maximum Gasteiger partial charge on any atom is 0.328 e. The fourth-order valence-corrected chi connectivity index (χ4v) is 4.92. The highest BCUT2D eigenvalue weighted by molar-refractivity contribution is 8.21. The second-order valence-electron chi connectivity index (χ2n) is 3.20. The van der Waals surface area contributed by atoms with E-state index in [0.29, 0.717) is 0 Å². The number of benzene rings is 1. The largest absolute Gasteiger partial charge is 0.381 e. The number of halogens is 1. The van der Waals surface area contributed by atoms with Crippen LogP contribution >= 0.6 is 10.7 Å². The zero-order chi connectivity index (χ0) is 13.1. The highest BCUT2D eigenvalue weighted by atomic mass is 35.7. The van der Waals surface area contributed by atoms with Gasteiger partial charge in [-0.05, 0) is 18.6 Å². The lowest BCUT2D eigenvalue weighted by atomic mass is 10.3. The number of para-hydroxylation sites is 1. The van der Waals surface area contributed by atoms with Crippen LogP contribution in [0.15, 0.2) is 30.3 Å². The highest BCUT2D eigenvalue weighted by Gasteiger charge is 2.36. The first-order chi connectivity index (χ1) is 7.77. The third-order valence-electron chi connectivity index (χ3n) is 1.92. The summed E-state index contributed by atoms with van der Waals surface area (Å²) >= 11 is 0. The molecular formula is C9H11ClO5S2. The molecule has 0 aliphatic heterocycles. The first-order valence-electron chi connectivity index (χ1n) is 4.69. The summed E-state index contributed by atoms with van der Waals surface area (Å²) in [5.41, 5.74) is 0. The lowest BCUT2D eigenvalue weighted by Gasteiger charge is -2.13. The van der Waals surface area contributed by atoms with Gasteiger partial charge in [-0.25, -0.2) is 8.42 Å². The Bertz CT molecular complexity index is 565. The third-order valence-corrected chi connectivity index (χ3v) is 6.72. The molecule has 1 aromatic carbocycles. The fraction of sp³-hybridized carbons (Fsp3) is 0.333. The van der Waals surface area contributed by atoms with Crippen molar-refractivity contribution in [1.82, 2.24) is 0 Å². The SMILES string of the molecule is CCC(S(=O)(=O)Cl)S(=O)(=O)Oc1ccccc1. The van der Waals surface area contributed by atoms with Crippen molar-refractivity contribution in [3.05, 3.63) is 30.3 Å². The summed E-state index contributed by atoms with van der Waals surface area (Å²) < 4.78 is 48.5. The molecule has 8 heteroatoms. The zero-order valence-electron chi connectivity index (χ0n) is 8.91. The average Bonchev–Trinajstić information content (AvgIpc) is 2.16. The predicted octanol–water partition coefficient (Wildman–Crippen LogP) is 1.70. The summed E-state index contributed by atoms with van der Waals surface area (Å²) in [7, 11) is -3.47. The molecule has 0 spiro atoms. The van der Waals surface area contributed by atoms with Gasteiger partial charge in [0.05, 0.1) is 0 Å². The smallest absolute Gasteiger partial charge is 0.328 e. The molecule has 1 rings (SSSR count). The quantitative estimate of drug-likeness (QED) is 0.611. The van der Waals surface area contributed by atoms with E-state index in [4.69, 9.17) is 10.7 Å². The molecule has 17 heavy (non-hydrogen) atoms. The molecule has 1 unspecified atom stereocenters. The molecule has 0 aromatic heterocycles. The van der Waals surface area contributed by atoms with Gasteiger partial charge < -0.3 is 4.18 Å². The second kappa shape index (κ2) is 5.24. The Morgan fingerprint density at radius 1 is 1.18 bits per heavy atom. The maximum atomic E-state index is 11.7. The van der Waals surface area contributed by atoms with Crippen molar-refractivity contribution in [3.63, 3.8) is 0 Å². The van der Waals surface area contributed by atoms with E-state index in [0.717, 1.165) is 0 Å². The van der Waals surface area contributed by atoms with E-state index in [1.54, 1.807) is 18.2 Å². The van der Waals surface area contributed by atoms with Crippen LogP contribution in [0, 0.1) is 0 Å². The highest BCUT2D eigenvalue weighted by Crippen LogP contribution is 2.22. The predicted molar refractivity (Wildman–Crippen MR) is 64.8 cm³/mol. The topological polar surface area (TPSA) is 77.5 Å². The van der Waals surface area contributed by atoms with Crippen LogP contribution in [0.4, 0.5) is 0 Å². The molecule has 0 amide bonds. The summed E-state index contributed by atoms with van der Waals surface area (Å²) in [5.74, 6) is 0.0475. The lowest BCUT2D eigenvalue weighted by Crippen LogP contribution is -2.30. The minimum absolute atomic E-state index is 0.0475. The molecule has 0 radical (unpaired) electrons. The summed E-state index contributed by atoms with van der Waals surface area (Å²) in [4.78, 5) is 0. The summed E-state index contributed by atoms with van der Waals surface area (Å²) in [5, 5.41) is 0. The van der Waals surface area contributed by atoms with Crippen LogP contribution in [0.1, 0.15) is 13.3 Å². The molecule has 0 aliphatic rings. The van der Waals surface area contributed by atoms with E-state index in [-0.39, 0.29) is 12.2 Å². The van der Waals surface area contributed by atoms with Crippen molar-refractivity contribution in [3.8, 4) is 5.75 Å². The molecule has 0 saturated heterocycles. The standard InChI is InChI=1S/C9H11ClO5S2/c1-2-9(16(10,11)12)17(13,14)15-8-6-4-3-5-7-8/h3-7,9H,2H2,1H3. The zero-order valence-corrected chi connectivity index (χ0v) is 11.3. The molecule has 0 N–H and O–H groups in total. The Morgan fingerprint density at radius 3 is 2.12 bits per heavy atom. The molecule has 1 atom stereocenters. The third kappa shape index (κ3) is 3.86. The van der Waals surface area contributed by atoms with Crippen LogP contribution in [0.2, 0.25) is 0 Å². The van der Waals surface area contributed by atoms with Crippen molar-refractivity contribution in [2.75, 3.05) is 0 Å². The molecule has 96 valence electrons. The number of hydrogen-bond donors (Lipinski definition) is 0. The monoisotopic (exact) mass is 298 g/mol. The number of rotatable bonds is 5. The Labute approximate surface area is 105 Å². The second-order valence-corrected chi connectivity index (χ2v) is 8.03. The van der Waals surface area contributed by atoms with Gasteiger partial charge in [-0.2, -0.15) is 8.42 Å². The van der Waals surface area contributed by atoms with E-state index in [1.165, 1.54) is 19.1 Å². The van der Waals surface area contributed by atoms with Gasteiger partial charge in [0, 0.05) is 10.7 Å². The molecule has 0 aliphatic carbocycles. The Morgan fingerprint density at radius 2 is 1.71 bits per heavy atom. The first-order valence-corrected chi connectivity index (χ1v) is 8.53. The average molecular weight is 299 g/mol. The van der Waals surface area contributed by atoms with Crippen LogP contribution in [-0.2, 0) is 19.2 Å². The summed E-state index contributed by atoms with van der Waals surface area (Å²) in [6.07, 6.45) is -0.180. The van der Waals surface area contributed by atoms with Crippen molar-refractivity contribution in [2.45, 2.75) is 17.9 Å². The van der Waals surface area contributed by atoms with Crippen LogP contribution in [-0.4, -0.2) is 21.4 Å². The Kier molecular flexibility index (Phi) is 4.40. The van der Waals surface area contributed by atoms with Crippen LogP contribution < -0.4 is 4.18 Å². The van der Waals surface area contributed by atoms with Crippen molar-refractivity contribution < 1.29 is 21.0 Å². The van der Waals surface area contributed by atoms with Crippen molar-refractivity contribution >= 4 is 29.9 Å². The minimum Gasteiger partial charge on any atom is -0.381 e. The molecule has 0 saturated carbocycles. The minimum atomic E-state index is -4.30. The van der Waals surface area contributed by atoms with Gasteiger partial charge in [-0.15, -0.1) is 0 Å². The van der Waals surface area contributed by atoms with Gasteiger partial charge in [0.15, 0.2) is 0 Å². The molecule has 0 fully saturated rings. The fourth-order valence-electron chi connectivity index (χ4n) is 1.21. The molecule has 5 nitrogen and oxygen atoms in total. The van der Waals surface area contributed by atoms with E-state index >= 15 is 0 Å². The lowest BCUT2D eigenvalue weighted by molar-refractivity contribution is 0.479. The maximum absolute atomic E-state index is 11.7. The molecular weight excluding hydrogens is 288 g/mol. The van der Waals surface area contributed by atoms with Crippen molar-refractivity contribution in [1.29, 1.82) is 0 Å². The van der Waals surface area contributed by atoms with Gasteiger partial charge >= 0.3 is 10.1 Å². The molecule has 1 aromatic rings. The summed E-state index contributed by atoms with van der Waals surface area (Å²) in [6.45, 7) is 1.40. The van der Waals surface area contributed by atoms with Gasteiger partial charge in [-0.3, -0.25) is 0 Å². The van der Waals surface area contributed by atoms with Crippen LogP contribution in [0.5, 0.6) is 5.75 Å². The Hall–Kier alpha value is -0.790. The normalized spacial score (nSPS) is 14.2. The van der Waals surface area contributed by atoms with Crippen LogP contribution in [0.25, 0.3) is 0 Å². The van der Waals surface area contributed by atoms with Crippen molar-refractivity contribution in [2.24, 2.45) is 0 Å². The van der Waals surface area contributed by atoms with Gasteiger partial charge in [0.1, 0.15) is 5.75 Å². The van der Waals surface area contributed by atoms with Gasteiger partial charge in [-0.1, -0.05) is 25.1 Å². The summed E-state index contributed by atoms with van der Waals surface area (Å²) in [6, 6.07) is 7.63. The first kappa shape index (κ1) is 14.3. The van der Waals surface area contributed by atoms with Gasteiger partial charge in [0.25, 0.3) is 9.05 Å². The van der Waals surface area contributed by atoms with E-state index < -0.39 is 23.8 Å². The Balaban J connectivity index is 3.04. The van der Waals surface area contributed by atoms with E-state index in [1.807, 2.05) is 0 Å². The molecule has 0 bridgehead atoms. The van der Waals surface area contributed by atoms with E-state index in [2.05, 4.69) is 4.18 Å². The molecule has 0 heterocycles.